The van der Waals surface area contributed by atoms with Crippen LogP contribution in [0.2, 0.25) is 0 Å². The van der Waals surface area contributed by atoms with Crippen LogP contribution in [0, 0.1) is 5.82 Å². The normalized spacial score (nSPS) is 23.9. The minimum Gasteiger partial charge on any atom is -0.493 e. The number of hydrogen-bond donors (Lipinski definition) is 0. The number of halogens is 1. The second-order valence-corrected chi connectivity index (χ2v) is 6.13. The molecule has 0 saturated carbocycles. The molecule has 124 valence electrons. The van der Waals surface area contributed by atoms with Gasteiger partial charge in [-0.25, -0.2) is 4.39 Å². The third-order valence-electron chi connectivity index (χ3n) is 4.39. The highest BCUT2D eigenvalue weighted by molar-refractivity contribution is 5.77. The van der Waals surface area contributed by atoms with Crippen LogP contribution >= 0.6 is 0 Å². The Morgan fingerprint density at radius 2 is 2.26 bits per heavy atom. The van der Waals surface area contributed by atoms with Crippen molar-refractivity contribution in [3.63, 3.8) is 0 Å². The molecule has 0 bridgehead atoms. The third kappa shape index (κ3) is 3.81. The van der Waals surface area contributed by atoms with Crippen LogP contribution in [-0.4, -0.2) is 42.1 Å². The van der Waals surface area contributed by atoms with Gasteiger partial charge in [-0.2, -0.15) is 0 Å². The van der Waals surface area contributed by atoms with E-state index in [9.17, 15) is 14.0 Å². The zero-order valence-electron chi connectivity index (χ0n) is 12.9. The number of nitrogens with zero attached hydrogens (tertiary/aromatic N) is 1. The number of piperidine rings is 1. The number of ether oxygens (including phenoxy) is 2. The Labute approximate surface area is 134 Å². The molecule has 5 nitrogen and oxygen atoms in total. The van der Waals surface area contributed by atoms with Gasteiger partial charge in [-0.15, -0.1) is 0 Å². The highest BCUT2D eigenvalue weighted by atomic mass is 19.1. The molecular formula is C17H20FNO4. The van der Waals surface area contributed by atoms with Crippen LogP contribution in [0.25, 0.3) is 0 Å². The molecule has 2 heterocycles. The Morgan fingerprint density at radius 3 is 3.00 bits per heavy atom. The van der Waals surface area contributed by atoms with Crippen LogP contribution in [0.1, 0.15) is 32.1 Å². The van der Waals surface area contributed by atoms with Crippen LogP contribution in [0.3, 0.4) is 0 Å². The maximum atomic E-state index is 13.0. The third-order valence-corrected chi connectivity index (χ3v) is 4.39. The number of carbonyl (C=O) groups excluding carboxylic acids is 2. The summed E-state index contributed by atoms with van der Waals surface area (Å²) in [4.78, 5) is 25.4. The lowest BCUT2D eigenvalue weighted by molar-refractivity contribution is -0.157. The summed E-state index contributed by atoms with van der Waals surface area (Å²) in [6, 6.07) is 5.85. The molecule has 2 aliphatic heterocycles. The van der Waals surface area contributed by atoms with Gasteiger partial charge in [0.15, 0.2) is 0 Å². The molecule has 23 heavy (non-hydrogen) atoms. The zero-order chi connectivity index (χ0) is 16.3. The number of hydrogen-bond acceptors (Lipinski definition) is 4. The molecule has 0 radical (unpaired) electrons. The molecule has 6 heteroatoms. The molecule has 1 spiro atoms. The van der Waals surface area contributed by atoms with Crippen molar-refractivity contribution in [2.45, 2.75) is 37.7 Å². The highest BCUT2D eigenvalue weighted by Crippen LogP contribution is 2.35. The fourth-order valence-corrected chi connectivity index (χ4v) is 3.24. The second-order valence-electron chi connectivity index (χ2n) is 6.13. The topological polar surface area (TPSA) is 55.8 Å². The summed E-state index contributed by atoms with van der Waals surface area (Å²) in [7, 11) is 0. The van der Waals surface area contributed by atoms with Crippen LogP contribution < -0.4 is 4.74 Å². The van der Waals surface area contributed by atoms with Gasteiger partial charge in [-0.1, -0.05) is 6.07 Å². The lowest BCUT2D eigenvalue weighted by Gasteiger charge is -2.39. The lowest BCUT2D eigenvalue weighted by Crippen LogP contribution is -2.50. The minimum atomic E-state index is -0.478. The van der Waals surface area contributed by atoms with E-state index in [1.807, 2.05) is 0 Å². The number of esters is 1. The largest absolute Gasteiger partial charge is 0.493 e. The van der Waals surface area contributed by atoms with Crippen LogP contribution in [0.15, 0.2) is 24.3 Å². The maximum Gasteiger partial charge on any atom is 0.306 e. The first-order chi connectivity index (χ1) is 11.1. The SMILES string of the molecule is O=C1CC[C@@]2(CCCN(C(=O)CCOc3cccc(F)c3)C2)O1. The molecule has 1 aromatic rings. The fourth-order valence-electron chi connectivity index (χ4n) is 3.24. The zero-order valence-corrected chi connectivity index (χ0v) is 12.9. The van der Waals surface area contributed by atoms with Crippen molar-refractivity contribution in [1.82, 2.24) is 4.90 Å². The number of benzene rings is 1. The summed E-state index contributed by atoms with van der Waals surface area (Å²) >= 11 is 0. The monoisotopic (exact) mass is 321 g/mol. The van der Waals surface area contributed by atoms with E-state index in [0.29, 0.717) is 31.7 Å². The van der Waals surface area contributed by atoms with Gasteiger partial charge < -0.3 is 14.4 Å². The standard InChI is InChI=1S/C17H20FNO4/c18-13-3-1-4-14(11-13)22-10-6-15(20)19-9-2-7-17(12-19)8-5-16(21)23-17/h1,3-4,11H,2,5-10,12H2/t17-/m1/s1. The Morgan fingerprint density at radius 1 is 1.39 bits per heavy atom. The average molecular weight is 321 g/mol. The van der Waals surface area contributed by atoms with Gasteiger partial charge >= 0.3 is 5.97 Å². The number of carbonyl (C=O) groups is 2. The van der Waals surface area contributed by atoms with Gasteiger partial charge in [-0.3, -0.25) is 9.59 Å². The van der Waals surface area contributed by atoms with Crippen molar-refractivity contribution >= 4 is 11.9 Å². The second kappa shape index (κ2) is 6.56. The fraction of sp³-hybridized carbons (Fsp3) is 0.529. The highest BCUT2D eigenvalue weighted by Gasteiger charge is 2.44. The van der Waals surface area contributed by atoms with E-state index in [4.69, 9.17) is 9.47 Å². The van der Waals surface area contributed by atoms with E-state index in [0.717, 1.165) is 12.8 Å². The summed E-state index contributed by atoms with van der Waals surface area (Å²) in [6.07, 6.45) is 3.01. The molecule has 1 atom stereocenters. The first kappa shape index (κ1) is 15.8. The summed E-state index contributed by atoms with van der Waals surface area (Å²) in [5.41, 5.74) is -0.478. The van der Waals surface area contributed by atoms with Crippen molar-refractivity contribution in [2.24, 2.45) is 0 Å². The number of amides is 1. The Bertz CT molecular complexity index is 606. The number of likely N-dealkylation sites (tertiary alicyclic amines) is 1. The predicted molar refractivity (Wildman–Crippen MR) is 80.4 cm³/mol. The number of rotatable bonds is 4. The molecule has 2 aliphatic rings. The Balaban J connectivity index is 1.49. The van der Waals surface area contributed by atoms with Crippen molar-refractivity contribution in [3.8, 4) is 5.75 Å². The molecule has 3 rings (SSSR count). The predicted octanol–water partition coefficient (Wildman–Crippen LogP) is 2.29. The summed E-state index contributed by atoms with van der Waals surface area (Å²) in [5.74, 6) is -0.148. The molecule has 1 aromatic carbocycles. The van der Waals surface area contributed by atoms with Crippen molar-refractivity contribution < 1.29 is 23.5 Å². The smallest absolute Gasteiger partial charge is 0.306 e. The van der Waals surface area contributed by atoms with E-state index in [-0.39, 0.29) is 30.7 Å². The van der Waals surface area contributed by atoms with Gasteiger partial charge in [0.2, 0.25) is 5.91 Å². The summed E-state index contributed by atoms with van der Waals surface area (Å²) < 4.78 is 23.9. The molecule has 2 fully saturated rings. The van der Waals surface area contributed by atoms with Gasteiger partial charge in [-0.05, 0) is 31.4 Å². The first-order valence-electron chi connectivity index (χ1n) is 7.94. The van der Waals surface area contributed by atoms with Gasteiger partial charge in [0, 0.05) is 19.0 Å². The van der Waals surface area contributed by atoms with Crippen LogP contribution in [-0.2, 0) is 14.3 Å². The van der Waals surface area contributed by atoms with E-state index in [1.54, 1.807) is 17.0 Å². The minimum absolute atomic E-state index is 0.0246. The molecule has 0 N–H and O–H groups in total. The van der Waals surface area contributed by atoms with Gasteiger partial charge in [0.25, 0.3) is 0 Å². The molecule has 1 amide bonds. The van der Waals surface area contributed by atoms with Crippen LogP contribution in [0.4, 0.5) is 4.39 Å². The van der Waals surface area contributed by atoms with Crippen LogP contribution in [0.5, 0.6) is 5.75 Å². The Hall–Kier alpha value is -2.11. The van der Waals surface area contributed by atoms with Crippen molar-refractivity contribution in [3.05, 3.63) is 30.1 Å². The molecule has 0 aliphatic carbocycles. The van der Waals surface area contributed by atoms with Gasteiger partial charge in [0.05, 0.1) is 19.6 Å². The van der Waals surface area contributed by atoms with Crippen molar-refractivity contribution in [2.75, 3.05) is 19.7 Å². The molecule has 0 unspecified atom stereocenters. The quantitative estimate of drug-likeness (QED) is 0.799. The Kier molecular flexibility index (Phi) is 4.50. The van der Waals surface area contributed by atoms with E-state index in [2.05, 4.69) is 0 Å². The maximum absolute atomic E-state index is 13.0. The molecule has 2 saturated heterocycles. The average Bonchev–Trinajstić information content (AvgIpc) is 2.87. The molecule has 0 aromatic heterocycles. The van der Waals surface area contributed by atoms with E-state index in [1.165, 1.54) is 12.1 Å². The van der Waals surface area contributed by atoms with Gasteiger partial charge in [0.1, 0.15) is 17.2 Å². The first-order valence-corrected chi connectivity index (χ1v) is 7.94. The van der Waals surface area contributed by atoms with Crippen molar-refractivity contribution in [1.29, 1.82) is 0 Å². The lowest BCUT2D eigenvalue weighted by atomic mass is 9.90. The summed E-state index contributed by atoms with van der Waals surface area (Å²) in [6.45, 7) is 1.35. The van der Waals surface area contributed by atoms with E-state index < -0.39 is 5.60 Å². The molecular weight excluding hydrogens is 301 g/mol. The summed E-state index contributed by atoms with van der Waals surface area (Å²) in [5, 5.41) is 0. The van der Waals surface area contributed by atoms with E-state index >= 15 is 0 Å².